The highest BCUT2D eigenvalue weighted by molar-refractivity contribution is 7.16. The van der Waals surface area contributed by atoms with Gasteiger partial charge in [-0.3, -0.25) is 4.79 Å². The number of rotatable bonds is 7. The molecule has 5 rings (SSSR count). The predicted octanol–water partition coefficient (Wildman–Crippen LogP) is 6.21. The van der Waals surface area contributed by atoms with E-state index in [1.54, 1.807) is 29.7 Å². The number of amides is 1. The molecule has 4 aromatic heterocycles. The van der Waals surface area contributed by atoms with Crippen LogP contribution in [0.3, 0.4) is 0 Å². The molecule has 5 heterocycles. The van der Waals surface area contributed by atoms with E-state index < -0.39 is 11.7 Å². The van der Waals surface area contributed by atoms with Gasteiger partial charge in [-0.25, -0.2) is 24.9 Å². The Hall–Kier alpha value is -3.65. The molecule has 1 amide bonds. The second-order valence-corrected chi connectivity index (χ2v) is 12.3. The average Bonchev–Trinajstić information content (AvgIpc) is 3.53. The first-order valence-corrected chi connectivity index (χ1v) is 14.8. The van der Waals surface area contributed by atoms with Gasteiger partial charge in [0.2, 0.25) is 5.95 Å². The second-order valence-electron chi connectivity index (χ2n) is 10.2. The van der Waals surface area contributed by atoms with Crippen molar-refractivity contribution in [3.63, 3.8) is 0 Å². The van der Waals surface area contributed by atoms with Gasteiger partial charge in [-0.05, 0) is 38.3 Å². The number of pyridine rings is 1. The summed E-state index contributed by atoms with van der Waals surface area (Å²) in [6.45, 7) is 9.30. The molecular weight excluding hydrogens is 573 g/mol. The van der Waals surface area contributed by atoms with Crippen LogP contribution < -0.4 is 10.2 Å². The van der Waals surface area contributed by atoms with Crippen molar-refractivity contribution in [3.8, 4) is 10.6 Å². The molecule has 0 spiro atoms. The van der Waals surface area contributed by atoms with E-state index in [0.29, 0.717) is 42.1 Å². The van der Waals surface area contributed by atoms with Crippen LogP contribution in [0.5, 0.6) is 0 Å². The SMILES string of the molecule is Cc1nc(C)c(-c2csc(Nc3ccc(C(=O)N4CCN(c5ncc(C(F)(F)F)cn5)CC4CC(C)C)cn3)n2)s1. The Labute approximate surface area is 243 Å². The van der Waals surface area contributed by atoms with E-state index >= 15 is 0 Å². The van der Waals surface area contributed by atoms with Crippen molar-refractivity contribution in [2.75, 3.05) is 29.9 Å². The van der Waals surface area contributed by atoms with Crippen LogP contribution in [-0.4, -0.2) is 61.4 Å². The first-order chi connectivity index (χ1) is 19.5. The van der Waals surface area contributed by atoms with Crippen molar-refractivity contribution in [1.82, 2.24) is 29.8 Å². The Kier molecular flexibility index (Phi) is 8.23. The lowest BCUT2D eigenvalue weighted by molar-refractivity contribution is -0.138. The van der Waals surface area contributed by atoms with Crippen LogP contribution >= 0.6 is 22.7 Å². The van der Waals surface area contributed by atoms with Crippen molar-refractivity contribution in [2.45, 2.75) is 46.3 Å². The molecule has 1 N–H and O–H groups in total. The van der Waals surface area contributed by atoms with Gasteiger partial charge in [0, 0.05) is 49.6 Å². The number of carbonyl (C=O) groups excluding carboxylic acids is 1. The summed E-state index contributed by atoms with van der Waals surface area (Å²) in [5.74, 6) is 0.953. The zero-order chi connectivity index (χ0) is 29.3. The summed E-state index contributed by atoms with van der Waals surface area (Å²) >= 11 is 3.07. The molecule has 216 valence electrons. The summed E-state index contributed by atoms with van der Waals surface area (Å²) in [6.07, 6.45) is -0.625. The smallest absolute Gasteiger partial charge is 0.337 e. The Balaban J connectivity index is 1.26. The highest BCUT2D eigenvalue weighted by Gasteiger charge is 2.34. The molecule has 1 saturated heterocycles. The summed E-state index contributed by atoms with van der Waals surface area (Å²) in [7, 11) is 0. The topological polar surface area (TPSA) is 100 Å². The van der Waals surface area contributed by atoms with E-state index in [0.717, 1.165) is 40.1 Å². The number of piperazine rings is 1. The van der Waals surface area contributed by atoms with Crippen LogP contribution in [0.15, 0.2) is 36.1 Å². The van der Waals surface area contributed by atoms with Gasteiger partial charge >= 0.3 is 6.18 Å². The highest BCUT2D eigenvalue weighted by Crippen LogP contribution is 2.33. The standard InChI is InChI=1S/C27H29F3N8OS2/c1-15(2)9-20-13-37(25-32-11-19(12-33-25)27(28,29)30)7-8-38(20)24(39)18-5-6-22(31-10-18)36-26-35-21(14-40-26)23-16(3)34-17(4)41-23/h5-6,10-12,14-15,20H,7-9,13H2,1-4H3,(H,31,35,36). The third kappa shape index (κ3) is 6.64. The highest BCUT2D eigenvalue weighted by atomic mass is 32.1. The summed E-state index contributed by atoms with van der Waals surface area (Å²) in [6, 6.07) is 3.33. The number of hydrogen-bond acceptors (Lipinski definition) is 10. The summed E-state index contributed by atoms with van der Waals surface area (Å²) in [5, 5.41) is 6.86. The minimum absolute atomic E-state index is 0.143. The Morgan fingerprint density at radius 1 is 1.10 bits per heavy atom. The summed E-state index contributed by atoms with van der Waals surface area (Å²) < 4.78 is 38.8. The Morgan fingerprint density at radius 3 is 2.46 bits per heavy atom. The van der Waals surface area contributed by atoms with Crippen molar-refractivity contribution in [3.05, 3.63) is 57.9 Å². The van der Waals surface area contributed by atoms with Gasteiger partial charge in [-0.15, -0.1) is 22.7 Å². The maximum atomic E-state index is 13.5. The summed E-state index contributed by atoms with van der Waals surface area (Å²) in [4.78, 5) is 39.7. The van der Waals surface area contributed by atoms with E-state index in [2.05, 4.69) is 44.1 Å². The minimum atomic E-state index is -4.49. The monoisotopic (exact) mass is 602 g/mol. The minimum Gasteiger partial charge on any atom is -0.337 e. The zero-order valence-electron chi connectivity index (χ0n) is 22.9. The molecule has 0 aromatic carbocycles. The number of aromatic nitrogens is 5. The van der Waals surface area contributed by atoms with Gasteiger partial charge in [-0.1, -0.05) is 13.8 Å². The number of carbonyl (C=O) groups is 1. The largest absolute Gasteiger partial charge is 0.419 e. The summed E-state index contributed by atoms with van der Waals surface area (Å²) in [5.41, 5.74) is 1.39. The van der Waals surface area contributed by atoms with Crippen LogP contribution in [0.4, 0.5) is 30.1 Å². The molecule has 9 nitrogen and oxygen atoms in total. The quantitative estimate of drug-likeness (QED) is 0.267. The molecule has 1 aliphatic heterocycles. The van der Waals surface area contributed by atoms with Gasteiger partial charge in [0.25, 0.3) is 5.91 Å². The number of thiazole rings is 2. The molecule has 0 bridgehead atoms. The number of hydrogen-bond donors (Lipinski definition) is 1. The third-order valence-corrected chi connectivity index (χ3v) is 8.47. The molecule has 14 heteroatoms. The lowest BCUT2D eigenvalue weighted by Gasteiger charge is -2.42. The van der Waals surface area contributed by atoms with Crippen LogP contribution in [-0.2, 0) is 6.18 Å². The predicted molar refractivity (Wildman–Crippen MR) is 154 cm³/mol. The number of alkyl halides is 3. The van der Waals surface area contributed by atoms with Crippen molar-refractivity contribution >= 4 is 45.5 Å². The Morgan fingerprint density at radius 2 is 1.85 bits per heavy atom. The van der Waals surface area contributed by atoms with E-state index in [1.165, 1.54) is 11.3 Å². The number of nitrogens with zero attached hydrogens (tertiary/aromatic N) is 7. The van der Waals surface area contributed by atoms with Crippen molar-refractivity contribution in [2.24, 2.45) is 5.92 Å². The first kappa shape index (κ1) is 28.9. The fourth-order valence-corrected chi connectivity index (χ4v) is 6.42. The maximum Gasteiger partial charge on any atom is 0.419 e. The molecule has 1 atom stereocenters. The van der Waals surface area contributed by atoms with Crippen molar-refractivity contribution in [1.29, 1.82) is 0 Å². The molecule has 4 aromatic rings. The molecule has 1 aliphatic rings. The normalized spacial score (nSPS) is 16.0. The van der Waals surface area contributed by atoms with Gasteiger partial charge in [0.1, 0.15) is 5.82 Å². The number of anilines is 3. The van der Waals surface area contributed by atoms with Gasteiger partial charge in [0.05, 0.1) is 32.4 Å². The zero-order valence-corrected chi connectivity index (χ0v) is 24.6. The number of nitrogens with one attached hydrogen (secondary N) is 1. The van der Waals surface area contributed by atoms with Crippen LogP contribution in [0.2, 0.25) is 0 Å². The lowest BCUT2D eigenvalue weighted by atomic mass is 9.99. The molecule has 0 saturated carbocycles. The van der Waals surface area contributed by atoms with E-state index in [9.17, 15) is 18.0 Å². The van der Waals surface area contributed by atoms with Crippen LogP contribution in [0, 0.1) is 19.8 Å². The van der Waals surface area contributed by atoms with Crippen molar-refractivity contribution < 1.29 is 18.0 Å². The maximum absolute atomic E-state index is 13.5. The van der Waals surface area contributed by atoms with Gasteiger partial charge in [-0.2, -0.15) is 13.2 Å². The van der Waals surface area contributed by atoms with E-state index in [1.807, 2.05) is 29.0 Å². The Bertz CT molecular complexity index is 1500. The average molecular weight is 603 g/mol. The van der Waals surface area contributed by atoms with Crippen LogP contribution in [0.25, 0.3) is 10.6 Å². The first-order valence-electron chi connectivity index (χ1n) is 13.1. The van der Waals surface area contributed by atoms with E-state index in [-0.39, 0.29) is 17.9 Å². The second kappa shape index (κ2) is 11.7. The molecule has 0 aliphatic carbocycles. The van der Waals surface area contributed by atoms with Crippen LogP contribution in [0.1, 0.15) is 46.9 Å². The fraction of sp³-hybridized carbons (Fsp3) is 0.407. The lowest BCUT2D eigenvalue weighted by Crippen LogP contribution is -2.56. The molecule has 1 unspecified atom stereocenters. The number of aryl methyl sites for hydroxylation is 2. The molecule has 41 heavy (non-hydrogen) atoms. The molecule has 1 fully saturated rings. The third-order valence-electron chi connectivity index (χ3n) is 6.62. The van der Waals surface area contributed by atoms with Gasteiger partial charge in [0.15, 0.2) is 5.13 Å². The fourth-order valence-electron chi connectivity index (χ4n) is 4.76. The molecule has 0 radical (unpaired) electrons. The van der Waals surface area contributed by atoms with Gasteiger partial charge < -0.3 is 15.1 Å². The number of halogens is 3. The van der Waals surface area contributed by atoms with E-state index in [4.69, 9.17) is 0 Å². The molecular formula is C27H29F3N8OS2.